The molecule has 5 rings (SSSR count). The standard InChI is InChI=1S/C31H38F2N8O2/c1-6-27(42)36-21-17-22(25(43-29(32)33)18-24(21)40(5)16-15-39(3)4)37-30-34-14-11-26(38-30)41-19-31(12-7-8-13-31)28-23(41)10-9-20(2)35-28/h6,9-11,14,17-18,29H,1,7-8,12-13,15-16,19H2,2-5H3,(H,36,42)(H,34,37,38). The molecule has 2 N–H and O–H groups in total. The molecular weight excluding hydrogens is 554 g/mol. The maximum absolute atomic E-state index is 13.6. The predicted molar refractivity (Wildman–Crippen MR) is 165 cm³/mol. The van der Waals surface area contributed by atoms with Gasteiger partial charge in [-0.3, -0.25) is 9.78 Å². The second-order valence-electron chi connectivity index (χ2n) is 11.4. The van der Waals surface area contributed by atoms with Crippen LogP contribution in [0.15, 0.2) is 49.2 Å². The van der Waals surface area contributed by atoms with Gasteiger partial charge in [0.1, 0.15) is 5.82 Å². The summed E-state index contributed by atoms with van der Waals surface area (Å²) in [5, 5.41) is 5.84. The van der Waals surface area contributed by atoms with Crippen LogP contribution in [0.1, 0.15) is 37.1 Å². The molecule has 2 aromatic heterocycles. The molecule has 228 valence electrons. The number of hydrogen-bond donors (Lipinski definition) is 2. The van der Waals surface area contributed by atoms with Crippen LogP contribution < -0.4 is 25.2 Å². The van der Waals surface area contributed by atoms with Gasteiger partial charge in [-0.1, -0.05) is 19.4 Å². The molecule has 43 heavy (non-hydrogen) atoms. The average molecular weight is 593 g/mol. The van der Waals surface area contributed by atoms with Crippen LogP contribution in [0, 0.1) is 6.92 Å². The fraction of sp³-hybridized carbons (Fsp3) is 0.419. The highest BCUT2D eigenvalue weighted by Gasteiger charge is 2.46. The zero-order valence-electron chi connectivity index (χ0n) is 25.0. The number of nitrogens with one attached hydrogen (secondary N) is 2. The number of carbonyl (C=O) groups is 1. The van der Waals surface area contributed by atoms with Crippen LogP contribution in [-0.4, -0.2) is 73.1 Å². The topological polar surface area (TPSA) is 98.8 Å². The van der Waals surface area contributed by atoms with Gasteiger partial charge in [0.05, 0.1) is 28.4 Å². The van der Waals surface area contributed by atoms with E-state index in [4.69, 9.17) is 14.7 Å². The Morgan fingerprint density at radius 1 is 1.14 bits per heavy atom. The van der Waals surface area contributed by atoms with Gasteiger partial charge in [-0.15, -0.1) is 0 Å². The number of rotatable bonds is 11. The van der Waals surface area contributed by atoms with E-state index in [1.54, 1.807) is 12.3 Å². The molecule has 0 radical (unpaired) electrons. The number of anilines is 6. The molecule has 1 amide bonds. The summed E-state index contributed by atoms with van der Waals surface area (Å²) in [5.74, 6) is 0.319. The van der Waals surface area contributed by atoms with Crippen molar-refractivity contribution < 1.29 is 18.3 Å². The number of alkyl halides is 2. The van der Waals surface area contributed by atoms with E-state index in [1.807, 2.05) is 50.0 Å². The maximum Gasteiger partial charge on any atom is 0.387 e. The van der Waals surface area contributed by atoms with Crippen LogP contribution in [0.25, 0.3) is 0 Å². The summed E-state index contributed by atoms with van der Waals surface area (Å²) in [6.07, 6.45) is 7.25. The monoisotopic (exact) mass is 592 g/mol. The van der Waals surface area contributed by atoms with Crippen molar-refractivity contribution in [1.82, 2.24) is 19.9 Å². The lowest BCUT2D eigenvalue weighted by atomic mass is 9.84. The van der Waals surface area contributed by atoms with Crippen molar-refractivity contribution in [2.45, 2.75) is 44.6 Å². The minimum atomic E-state index is -3.07. The number of carbonyl (C=O) groups excluding carboxylic acids is 1. The van der Waals surface area contributed by atoms with Gasteiger partial charge >= 0.3 is 6.61 Å². The number of likely N-dealkylation sites (N-methyl/N-ethyl adjacent to an activating group) is 2. The van der Waals surface area contributed by atoms with E-state index in [0.29, 0.717) is 30.3 Å². The summed E-state index contributed by atoms with van der Waals surface area (Å²) >= 11 is 0. The summed E-state index contributed by atoms with van der Waals surface area (Å²) in [5.41, 5.74) is 4.19. The van der Waals surface area contributed by atoms with E-state index >= 15 is 0 Å². The highest BCUT2D eigenvalue weighted by Crippen LogP contribution is 2.51. The molecular formula is C31H38F2N8O2. The Balaban J connectivity index is 1.50. The molecule has 12 heteroatoms. The first-order valence-electron chi connectivity index (χ1n) is 14.4. The Morgan fingerprint density at radius 3 is 2.60 bits per heavy atom. The third kappa shape index (κ3) is 6.53. The van der Waals surface area contributed by atoms with E-state index in [2.05, 4.69) is 33.2 Å². The highest BCUT2D eigenvalue weighted by atomic mass is 19.3. The fourth-order valence-corrected chi connectivity index (χ4v) is 5.88. The molecule has 0 unspecified atom stereocenters. The Labute approximate surface area is 250 Å². The van der Waals surface area contributed by atoms with Crippen LogP contribution in [0.5, 0.6) is 5.75 Å². The average Bonchev–Trinajstić information content (AvgIpc) is 3.57. The number of halogens is 2. The van der Waals surface area contributed by atoms with Gasteiger partial charge in [-0.25, -0.2) is 4.98 Å². The van der Waals surface area contributed by atoms with Crippen molar-refractivity contribution in [1.29, 1.82) is 0 Å². The minimum absolute atomic E-state index is 0.00906. The molecule has 0 saturated heterocycles. The molecule has 3 heterocycles. The zero-order valence-corrected chi connectivity index (χ0v) is 25.0. The normalized spacial score (nSPS) is 15.2. The Kier molecular flexibility index (Phi) is 8.77. The molecule has 2 aliphatic rings. The van der Waals surface area contributed by atoms with Gasteiger partial charge in [0.2, 0.25) is 11.9 Å². The predicted octanol–water partition coefficient (Wildman–Crippen LogP) is 5.61. The van der Waals surface area contributed by atoms with E-state index in [0.717, 1.165) is 55.4 Å². The molecule has 1 fully saturated rings. The van der Waals surface area contributed by atoms with E-state index in [1.165, 1.54) is 6.07 Å². The molecule has 1 aromatic carbocycles. The zero-order chi connectivity index (χ0) is 30.7. The lowest BCUT2D eigenvalue weighted by molar-refractivity contribution is -0.111. The minimum Gasteiger partial charge on any atom is -0.433 e. The van der Waals surface area contributed by atoms with Crippen LogP contribution in [0.4, 0.5) is 43.3 Å². The van der Waals surface area contributed by atoms with Crippen molar-refractivity contribution in [3.8, 4) is 5.75 Å². The fourth-order valence-electron chi connectivity index (χ4n) is 5.88. The van der Waals surface area contributed by atoms with Crippen molar-refractivity contribution >= 4 is 40.4 Å². The Hall–Kier alpha value is -4.32. The summed E-state index contributed by atoms with van der Waals surface area (Å²) < 4.78 is 32.1. The first-order valence-corrected chi connectivity index (χ1v) is 14.4. The van der Waals surface area contributed by atoms with E-state index < -0.39 is 12.5 Å². The number of aryl methyl sites for hydroxylation is 1. The number of hydrogen-bond acceptors (Lipinski definition) is 9. The largest absolute Gasteiger partial charge is 0.433 e. The molecule has 0 atom stereocenters. The number of aromatic nitrogens is 3. The molecule has 3 aromatic rings. The van der Waals surface area contributed by atoms with Crippen molar-refractivity contribution in [2.75, 3.05) is 61.2 Å². The quantitative estimate of drug-likeness (QED) is 0.275. The van der Waals surface area contributed by atoms with E-state index in [9.17, 15) is 13.6 Å². The second-order valence-corrected chi connectivity index (χ2v) is 11.4. The number of fused-ring (bicyclic) bond motifs is 2. The number of pyridine rings is 1. The van der Waals surface area contributed by atoms with E-state index in [-0.39, 0.29) is 22.8 Å². The molecule has 0 bridgehead atoms. The first kappa shape index (κ1) is 30.1. The third-order valence-electron chi connectivity index (χ3n) is 8.04. The molecule has 1 spiro atoms. The van der Waals surface area contributed by atoms with Crippen molar-refractivity contribution in [3.05, 3.63) is 60.6 Å². The number of nitrogens with zero attached hydrogens (tertiary/aromatic N) is 6. The highest BCUT2D eigenvalue weighted by molar-refractivity contribution is 6.02. The maximum atomic E-state index is 13.6. The molecule has 1 aliphatic carbocycles. The smallest absolute Gasteiger partial charge is 0.387 e. The summed E-state index contributed by atoms with van der Waals surface area (Å²) in [4.78, 5) is 32.4. The number of ether oxygens (including phenoxy) is 1. The molecule has 1 saturated carbocycles. The van der Waals surface area contributed by atoms with Crippen LogP contribution >= 0.6 is 0 Å². The van der Waals surface area contributed by atoms with Gasteiger partial charge in [-0.2, -0.15) is 13.8 Å². The van der Waals surface area contributed by atoms with Crippen molar-refractivity contribution in [3.63, 3.8) is 0 Å². The lowest BCUT2D eigenvalue weighted by Gasteiger charge is -2.26. The van der Waals surface area contributed by atoms with Gasteiger partial charge in [0.15, 0.2) is 5.75 Å². The van der Waals surface area contributed by atoms with Gasteiger partial charge in [0.25, 0.3) is 0 Å². The SMILES string of the molecule is C=CC(=O)Nc1cc(Nc2nccc(N3CC4(CCCC4)c4nc(C)ccc43)n2)c(OC(F)F)cc1N(C)CCN(C)C. The molecule has 1 aliphatic heterocycles. The second kappa shape index (κ2) is 12.5. The summed E-state index contributed by atoms with van der Waals surface area (Å²) in [6, 6.07) is 8.94. The number of benzene rings is 1. The van der Waals surface area contributed by atoms with Crippen molar-refractivity contribution in [2.24, 2.45) is 0 Å². The van der Waals surface area contributed by atoms with Gasteiger partial charge in [0, 0.05) is 50.1 Å². The van der Waals surface area contributed by atoms with Crippen LogP contribution in [0.3, 0.4) is 0 Å². The summed E-state index contributed by atoms with van der Waals surface area (Å²) in [6.45, 7) is 4.51. The van der Waals surface area contributed by atoms with Gasteiger partial charge < -0.3 is 30.1 Å². The summed E-state index contributed by atoms with van der Waals surface area (Å²) in [7, 11) is 5.69. The molecule has 10 nitrogen and oxygen atoms in total. The van der Waals surface area contributed by atoms with Crippen LogP contribution in [0.2, 0.25) is 0 Å². The van der Waals surface area contributed by atoms with Gasteiger partial charge in [-0.05, 0) is 64.2 Å². The van der Waals surface area contributed by atoms with Crippen LogP contribution in [-0.2, 0) is 10.2 Å². The lowest BCUT2D eigenvalue weighted by Crippen LogP contribution is -2.29. The third-order valence-corrected chi connectivity index (χ3v) is 8.04. The number of amides is 1. The Bertz CT molecular complexity index is 1490. The Morgan fingerprint density at radius 2 is 1.91 bits per heavy atom. The first-order chi connectivity index (χ1) is 20.6.